The predicted octanol–water partition coefficient (Wildman–Crippen LogP) is 4.98. The van der Waals surface area contributed by atoms with Crippen molar-refractivity contribution in [3.8, 4) is 6.07 Å². The maximum atomic E-state index is 9.98. The molecule has 9 nitrogen and oxygen atoms in total. The van der Waals surface area contributed by atoms with E-state index in [1.54, 1.807) is 17.9 Å². The smallest absolute Gasteiger partial charge is 0.231 e. The molecule has 2 atom stereocenters. The summed E-state index contributed by atoms with van der Waals surface area (Å²) in [4.78, 5) is 12.0. The molecule has 3 aromatic rings. The standard InChI is InChI=1S/C24H33ClN8OSi/c1-6-24-9-17(24)13-32(14-24)21-19-16(10-26)12-33(15-34-7-8-35(3,4)5)22(19)30-23(29-21)28-18-11-27-31(2)20(18)25/h11-12,17H,6-9,13-15H2,1-5H3,(H,28,29,30). The Labute approximate surface area is 212 Å². The summed E-state index contributed by atoms with van der Waals surface area (Å²) in [7, 11) is 0.588. The van der Waals surface area contributed by atoms with E-state index in [0.717, 1.165) is 36.8 Å². The average Bonchev–Trinajstić information content (AvgIpc) is 3.06. The molecule has 4 heterocycles. The zero-order chi connectivity index (χ0) is 25.0. The summed E-state index contributed by atoms with van der Waals surface area (Å²) in [5.74, 6) is 1.92. The topological polar surface area (TPSA) is 96.8 Å². The van der Waals surface area contributed by atoms with Crippen molar-refractivity contribution in [3.63, 3.8) is 0 Å². The molecule has 1 aliphatic carbocycles. The van der Waals surface area contributed by atoms with Gasteiger partial charge in [0, 0.05) is 41.0 Å². The number of nitrogens with one attached hydrogen (secondary N) is 1. The fourth-order valence-electron chi connectivity index (χ4n) is 5.10. The predicted molar refractivity (Wildman–Crippen MR) is 141 cm³/mol. The van der Waals surface area contributed by atoms with E-state index in [9.17, 15) is 5.26 Å². The monoisotopic (exact) mass is 512 g/mol. The second-order valence-electron chi connectivity index (χ2n) is 11.1. The zero-order valence-corrected chi connectivity index (χ0v) is 22.9. The van der Waals surface area contributed by atoms with Crippen LogP contribution in [0, 0.1) is 22.7 Å². The molecule has 0 spiro atoms. The van der Waals surface area contributed by atoms with E-state index in [-0.39, 0.29) is 0 Å². The molecule has 0 radical (unpaired) electrons. The maximum absolute atomic E-state index is 9.98. The second kappa shape index (κ2) is 8.80. The first kappa shape index (κ1) is 24.1. The molecule has 2 fully saturated rings. The normalized spacial score (nSPS) is 21.4. The number of ether oxygens (including phenoxy) is 1. The first-order valence-electron chi connectivity index (χ1n) is 12.2. The molecule has 1 saturated carbocycles. The molecular formula is C24H33ClN8OSi. The highest BCUT2D eigenvalue weighted by atomic mass is 35.5. The summed E-state index contributed by atoms with van der Waals surface area (Å²) < 4.78 is 9.54. The fraction of sp³-hybridized carbons (Fsp3) is 0.583. The van der Waals surface area contributed by atoms with Crippen molar-refractivity contribution in [2.45, 2.75) is 52.2 Å². The quantitative estimate of drug-likeness (QED) is 0.319. The molecule has 35 heavy (non-hydrogen) atoms. The number of nitrogens with zero attached hydrogens (tertiary/aromatic N) is 7. The number of aromatic nitrogens is 5. The van der Waals surface area contributed by atoms with Crippen LogP contribution in [0.5, 0.6) is 0 Å². The van der Waals surface area contributed by atoms with Crippen LogP contribution in [-0.4, -0.2) is 52.1 Å². The van der Waals surface area contributed by atoms with Crippen LogP contribution in [0.2, 0.25) is 30.8 Å². The Balaban J connectivity index is 1.53. The van der Waals surface area contributed by atoms with Crippen molar-refractivity contribution in [1.29, 1.82) is 5.26 Å². The number of hydrogen-bond acceptors (Lipinski definition) is 7. The third-order valence-electron chi connectivity index (χ3n) is 7.47. The number of hydrogen-bond donors (Lipinski definition) is 1. The van der Waals surface area contributed by atoms with Gasteiger partial charge in [-0.05, 0) is 30.2 Å². The molecule has 186 valence electrons. The van der Waals surface area contributed by atoms with Crippen molar-refractivity contribution in [2.24, 2.45) is 18.4 Å². The summed E-state index contributed by atoms with van der Waals surface area (Å²) in [6, 6.07) is 3.45. The largest absolute Gasteiger partial charge is 0.361 e. The number of rotatable bonds is 9. The van der Waals surface area contributed by atoms with Crippen LogP contribution in [-0.2, 0) is 18.5 Å². The van der Waals surface area contributed by atoms with E-state index in [2.05, 4.69) is 47.9 Å². The van der Waals surface area contributed by atoms with Crippen LogP contribution < -0.4 is 10.2 Å². The Hall–Kier alpha value is -2.61. The van der Waals surface area contributed by atoms with Crippen molar-refractivity contribution in [2.75, 3.05) is 29.9 Å². The van der Waals surface area contributed by atoms with Gasteiger partial charge >= 0.3 is 0 Å². The van der Waals surface area contributed by atoms with E-state index < -0.39 is 8.07 Å². The summed E-state index contributed by atoms with van der Waals surface area (Å²) >= 11 is 6.39. The summed E-state index contributed by atoms with van der Waals surface area (Å²) in [6.07, 6.45) is 5.94. The Morgan fingerprint density at radius 3 is 2.77 bits per heavy atom. The van der Waals surface area contributed by atoms with Crippen LogP contribution >= 0.6 is 11.6 Å². The van der Waals surface area contributed by atoms with Gasteiger partial charge in [-0.3, -0.25) is 4.68 Å². The van der Waals surface area contributed by atoms with Crippen LogP contribution in [0.4, 0.5) is 17.5 Å². The van der Waals surface area contributed by atoms with Gasteiger partial charge in [0.1, 0.15) is 23.8 Å². The van der Waals surface area contributed by atoms with Gasteiger partial charge in [-0.1, -0.05) is 38.2 Å². The molecular weight excluding hydrogens is 480 g/mol. The number of piperidine rings is 1. The molecule has 2 aliphatic rings. The lowest BCUT2D eigenvalue weighted by molar-refractivity contribution is 0.0898. The summed E-state index contributed by atoms with van der Waals surface area (Å²) in [5.41, 5.74) is 2.28. The van der Waals surface area contributed by atoms with Gasteiger partial charge in [0.15, 0.2) is 5.65 Å². The van der Waals surface area contributed by atoms with E-state index in [1.807, 2.05) is 10.8 Å². The van der Waals surface area contributed by atoms with E-state index >= 15 is 0 Å². The number of nitriles is 1. The molecule has 1 N–H and O–H groups in total. The molecule has 1 aliphatic heterocycles. The minimum absolute atomic E-state index is 0.341. The highest BCUT2D eigenvalue weighted by molar-refractivity contribution is 6.76. The molecule has 11 heteroatoms. The Bertz CT molecular complexity index is 1300. The molecule has 0 amide bonds. The first-order chi connectivity index (χ1) is 16.6. The number of halogens is 1. The van der Waals surface area contributed by atoms with Gasteiger partial charge in [0.2, 0.25) is 5.95 Å². The summed E-state index contributed by atoms with van der Waals surface area (Å²) in [6.45, 7) is 12.2. The van der Waals surface area contributed by atoms with E-state index in [0.29, 0.717) is 52.7 Å². The van der Waals surface area contributed by atoms with E-state index in [4.69, 9.17) is 26.3 Å². The van der Waals surface area contributed by atoms with Gasteiger partial charge < -0.3 is 19.5 Å². The number of aryl methyl sites for hydroxylation is 1. The second-order valence-corrected chi connectivity index (χ2v) is 17.1. The van der Waals surface area contributed by atoms with Gasteiger partial charge in [0.05, 0.1) is 22.8 Å². The molecule has 0 aromatic carbocycles. The lowest BCUT2D eigenvalue weighted by atomic mass is 10.0. The van der Waals surface area contributed by atoms with Gasteiger partial charge in [-0.25, -0.2) is 0 Å². The minimum Gasteiger partial charge on any atom is -0.361 e. The number of fused-ring (bicyclic) bond motifs is 2. The van der Waals surface area contributed by atoms with Gasteiger partial charge in [-0.15, -0.1) is 0 Å². The van der Waals surface area contributed by atoms with Gasteiger partial charge in [0.25, 0.3) is 0 Å². The molecule has 3 aromatic heterocycles. The molecule has 2 unspecified atom stereocenters. The number of anilines is 3. The van der Waals surface area contributed by atoms with Crippen molar-refractivity contribution in [3.05, 3.63) is 23.1 Å². The van der Waals surface area contributed by atoms with Crippen molar-refractivity contribution >= 4 is 48.2 Å². The SMILES string of the molecule is CCC12CC1CN(c1nc(Nc3cnn(C)c3Cl)nc3c1c(C#N)cn3COCC[Si](C)(C)C)C2. The summed E-state index contributed by atoms with van der Waals surface area (Å²) in [5, 5.41) is 18.7. The highest BCUT2D eigenvalue weighted by Crippen LogP contribution is 2.60. The maximum Gasteiger partial charge on any atom is 0.231 e. The van der Waals surface area contributed by atoms with E-state index in [1.165, 1.54) is 6.42 Å². The lowest BCUT2D eigenvalue weighted by Crippen LogP contribution is -2.26. The van der Waals surface area contributed by atoms with Crippen molar-refractivity contribution < 1.29 is 4.74 Å². The van der Waals surface area contributed by atoms with Gasteiger partial charge in [-0.2, -0.15) is 20.3 Å². The minimum atomic E-state index is -1.20. The van der Waals surface area contributed by atoms with Crippen LogP contribution in [0.3, 0.4) is 0 Å². The van der Waals surface area contributed by atoms with Crippen LogP contribution in [0.1, 0.15) is 25.3 Å². The highest BCUT2D eigenvalue weighted by Gasteiger charge is 2.58. The third kappa shape index (κ3) is 4.53. The molecule has 5 rings (SSSR count). The Kier molecular flexibility index (Phi) is 6.06. The fourth-order valence-corrected chi connectivity index (χ4v) is 6.00. The zero-order valence-electron chi connectivity index (χ0n) is 21.1. The Morgan fingerprint density at radius 2 is 2.14 bits per heavy atom. The van der Waals surface area contributed by atoms with Crippen molar-refractivity contribution in [1.82, 2.24) is 24.3 Å². The lowest BCUT2D eigenvalue weighted by Gasteiger charge is -2.23. The van der Waals surface area contributed by atoms with Crippen LogP contribution in [0.25, 0.3) is 11.0 Å². The third-order valence-corrected chi connectivity index (χ3v) is 9.62. The molecule has 1 saturated heterocycles. The Morgan fingerprint density at radius 1 is 1.34 bits per heavy atom. The molecule has 0 bridgehead atoms. The average molecular weight is 513 g/mol. The first-order valence-corrected chi connectivity index (χ1v) is 16.3. The van der Waals surface area contributed by atoms with Crippen LogP contribution in [0.15, 0.2) is 12.4 Å².